The highest BCUT2D eigenvalue weighted by molar-refractivity contribution is 5.72. The van der Waals surface area contributed by atoms with Crippen molar-refractivity contribution in [3.63, 3.8) is 0 Å². The van der Waals surface area contributed by atoms with Gasteiger partial charge in [-0.25, -0.2) is 9.07 Å². The molecule has 0 saturated carbocycles. The molecule has 1 saturated heterocycles. The van der Waals surface area contributed by atoms with Crippen molar-refractivity contribution in [1.82, 2.24) is 19.6 Å². The summed E-state index contributed by atoms with van der Waals surface area (Å²) in [5.74, 6) is 0.232. The molecule has 1 aliphatic heterocycles. The summed E-state index contributed by atoms with van der Waals surface area (Å²) in [5.41, 5.74) is 2.34. The predicted octanol–water partition coefficient (Wildman–Crippen LogP) is 3.90. The number of likely N-dealkylation sites (tertiary alicyclic amines) is 1. The molecule has 7 heteroatoms. The molecular formula is C25H29FN4O2. The zero-order valence-corrected chi connectivity index (χ0v) is 18.8. The number of aromatic nitrogens is 2. The minimum absolute atomic E-state index is 0.188. The summed E-state index contributed by atoms with van der Waals surface area (Å²) in [7, 11) is 5.80. The van der Waals surface area contributed by atoms with Crippen LogP contribution in [0, 0.1) is 5.82 Å². The van der Waals surface area contributed by atoms with Gasteiger partial charge in [-0.15, -0.1) is 0 Å². The molecule has 2 aromatic carbocycles. The van der Waals surface area contributed by atoms with Crippen molar-refractivity contribution < 1.29 is 9.13 Å². The standard InChI is InChI=1S/C25H29FN4O2/c1-28(2)17-20-8-6-14-30(20)16-18-7-4-5-9-22(18)23-15-27-29(3)25(31)24(23)32-21-12-10-19(26)11-13-21/h4-5,7,9-13,15,20H,6,8,14,16-17H2,1-3H3. The fourth-order valence-electron chi connectivity index (χ4n) is 4.30. The van der Waals surface area contributed by atoms with Gasteiger partial charge in [0.2, 0.25) is 5.75 Å². The predicted molar refractivity (Wildman–Crippen MR) is 123 cm³/mol. The van der Waals surface area contributed by atoms with Gasteiger partial charge >= 0.3 is 5.56 Å². The molecule has 3 aromatic rings. The van der Waals surface area contributed by atoms with E-state index in [0.717, 1.165) is 30.8 Å². The van der Waals surface area contributed by atoms with E-state index in [4.69, 9.17) is 4.74 Å². The summed E-state index contributed by atoms with van der Waals surface area (Å²) in [6.45, 7) is 2.87. The summed E-state index contributed by atoms with van der Waals surface area (Å²) in [5, 5.41) is 4.24. The second kappa shape index (κ2) is 9.63. The molecule has 0 radical (unpaired) electrons. The number of aryl methyl sites for hydroxylation is 1. The first-order chi connectivity index (χ1) is 15.4. The molecule has 0 bridgehead atoms. The van der Waals surface area contributed by atoms with Crippen LogP contribution in [0.15, 0.2) is 59.5 Å². The fraction of sp³-hybridized carbons (Fsp3) is 0.360. The molecule has 0 spiro atoms. The van der Waals surface area contributed by atoms with Gasteiger partial charge in [0.1, 0.15) is 11.6 Å². The van der Waals surface area contributed by atoms with E-state index in [1.807, 2.05) is 18.2 Å². The zero-order valence-electron chi connectivity index (χ0n) is 18.8. The molecule has 1 atom stereocenters. The summed E-state index contributed by atoms with van der Waals surface area (Å²) in [6, 6.07) is 14.2. The van der Waals surface area contributed by atoms with Crippen molar-refractivity contribution in [3.05, 3.63) is 76.5 Å². The third-order valence-corrected chi connectivity index (χ3v) is 5.88. The minimum Gasteiger partial charge on any atom is -0.451 e. The average Bonchev–Trinajstić information content (AvgIpc) is 3.19. The Hall–Kier alpha value is -3.03. The number of hydrogen-bond acceptors (Lipinski definition) is 5. The smallest absolute Gasteiger partial charge is 0.310 e. The topological polar surface area (TPSA) is 50.6 Å². The van der Waals surface area contributed by atoms with E-state index < -0.39 is 0 Å². The van der Waals surface area contributed by atoms with E-state index in [-0.39, 0.29) is 17.1 Å². The van der Waals surface area contributed by atoms with Gasteiger partial charge in [0.05, 0.1) is 11.8 Å². The van der Waals surface area contributed by atoms with E-state index in [9.17, 15) is 9.18 Å². The van der Waals surface area contributed by atoms with Gasteiger partial charge in [0.25, 0.3) is 0 Å². The lowest BCUT2D eigenvalue weighted by molar-refractivity contribution is 0.201. The molecule has 1 fully saturated rings. The van der Waals surface area contributed by atoms with Crippen molar-refractivity contribution in [2.45, 2.75) is 25.4 Å². The van der Waals surface area contributed by atoms with Gasteiger partial charge in [-0.2, -0.15) is 5.10 Å². The van der Waals surface area contributed by atoms with Crippen LogP contribution in [0.5, 0.6) is 11.5 Å². The van der Waals surface area contributed by atoms with Crippen LogP contribution in [0.3, 0.4) is 0 Å². The van der Waals surface area contributed by atoms with E-state index in [1.165, 1.54) is 41.8 Å². The molecule has 168 valence electrons. The summed E-state index contributed by atoms with van der Waals surface area (Å²) in [4.78, 5) is 17.7. The second-order valence-electron chi connectivity index (χ2n) is 8.56. The Bertz CT molecular complexity index is 1130. The number of halogens is 1. The number of ether oxygens (including phenoxy) is 1. The van der Waals surface area contributed by atoms with E-state index in [1.54, 1.807) is 13.2 Å². The van der Waals surface area contributed by atoms with E-state index in [0.29, 0.717) is 17.4 Å². The first-order valence-corrected chi connectivity index (χ1v) is 10.9. The van der Waals surface area contributed by atoms with Crippen molar-refractivity contribution >= 4 is 0 Å². The number of likely N-dealkylation sites (N-methyl/N-ethyl adjacent to an activating group) is 1. The molecule has 4 rings (SSSR count). The SMILES string of the molecule is CN(C)CC1CCCN1Cc1ccccc1-c1cnn(C)c(=O)c1Oc1ccc(F)cc1. The van der Waals surface area contributed by atoms with Crippen LogP contribution in [0.25, 0.3) is 11.1 Å². The van der Waals surface area contributed by atoms with E-state index in [2.05, 4.69) is 35.1 Å². The maximum Gasteiger partial charge on any atom is 0.310 e. The van der Waals surface area contributed by atoms with Crippen LogP contribution in [0.4, 0.5) is 4.39 Å². The second-order valence-corrected chi connectivity index (χ2v) is 8.56. The van der Waals surface area contributed by atoms with Crippen LogP contribution in [0.1, 0.15) is 18.4 Å². The Morgan fingerprint density at radius 1 is 1.12 bits per heavy atom. The van der Waals surface area contributed by atoms with Crippen molar-refractivity contribution in [2.24, 2.45) is 7.05 Å². The van der Waals surface area contributed by atoms with Crippen molar-refractivity contribution in [2.75, 3.05) is 27.2 Å². The Morgan fingerprint density at radius 2 is 1.88 bits per heavy atom. The summed E-state index contributed by atoms with van der Waals surface area (Å²) >= 11 is 0. The monoisotopic (exact) mass is 436 g/mol. The highest BCUT2D eigenvalue weighted by atomic mass is 19.1. The Labute approximate surface area is 187 Å². The van der Waals surface area contributed by atoms with Gasteiger partial charge in [-0.1, -0.05) is 24.3 Å². The molecule has 0 aliphatic carbocycles. The zero-order chi connectivity index (χ0) is 22.7. The highest BCUT2D eigenvalue weighted by Crippen LogP contribution is 2.33. The van der Waals surface area contributed by atoms with Gasteiger partial charge in [-0.3, -0.25) is 9.69 Å². The minimum atomic E-state index is -0.358. The maximum atomic E-state index is 13.3. The maximum absolute atomic E-state index is 13.3. The summed E-state index contributed by atoms with van der Waals surface area (Å²) in [6.07, 6.45) is 4.04. The Kier molecular flexibility index (Phi) is 6.67. The largest absolute Gasteiger partial charge is 0.451 e. The van der Waals surface area contributed by atoms with Crippen LogP contribution < -0.4 is 10.3 Å². The molecule has 6 nitrogen and oxygen atoms in total. The lowest BCUT2D eigenvalue weighted by atomic mass is 10.00. The molecule has 0 amide bonds. The normalized spacial score (nSPS) is 16.6. The molecular weight excluding hydrogens is 407 g/mol. The van der Waals surface area contributed by atoms with Crippen LogP contribution in [0.2, 0.25) is 0 Å². The third-order valence-electron chi connectivity index (χ3n) is 5.88. The van der Waals surface area contributed by atoms with Crippen LogP contribution in [-0.2, 0) is 13.6 Å². The third kappa shape index (κ3) is 4.89. The number of nitrogens with zero attached hydrogens (tertiary/aromatic N) is 4. The van der Waals surface area contributed by atoms with Gasteiger partial charge in [0.15, 0.2) is 0 Å². The summed E-state index contributed by atoms with van der Waals surface area (Å²) < 4.78 is 20.5. The number of benzene rings is 2. The highest BCUT2D eigenvalue weighted by Gasteiger charge is 2.26. The van der Waals surface area contributed by atoms with Crippen molar-refractivity contribution in [3.8, 4) is 22.6 Å². The lowest BCUT2D eigenvalue weighted by Crippen LogP contribution is -2.37. The molecule has 0 N–H and O–H groups in total. The van der Waals surface area contributed by atoms with E-state index >= 15 is 0 Å². The van der Waals surface area contributed by atoms with Crippen molar-refractivity contribution in [1.29, 1.82) is 0 Å². The number of hydrogen-bond donors (Lipinski definition) is 0. The molecule has 1 unspecified atom stereocenters. The Morgan fingerprint density at radius 3 is 2.62 bits per heavy atom. The molecule has 1 aromatic heterocycles. The quantitative estimate of drug-likeness (QED) is 0.562. The Balaban J connectivity index is 1.71. The van der Waals surface area contributed by atoms with Crippen LogP contribution in [-0.4, -0.2) is 52.8 Å². The number of rotatable bonds is 7. The first-order valence-electron chi connectivity index (χ1n) is 10.9. The molecule has 1 aliphatic rings. The van der Waals surface area contributed by atoms with Gasteiger partial charge in [-0.05, 0) is 68.9 Å². The fourth-order valence-corrected chi connectivity index (χ4v) is 4.30. The lowest BCUT2D eigenvalue weighted by Gasteiger charge is -2.28. The molecule has 32 heavy (non-hydrogen) atoms. The van der Waals surface area contributed by atoms with Crippen LogP contribution >= 0.6 is 0 Å². The average molecular weight is 437 g/mol. The van der Waals surface area contributed by atoms with Gasteiger partial charge < -0.3 is 9.64 Å². The first kappa shape index (κ1) is 22.2. The van der Waals surface area contributed by atoms with Gasteiger partial charge in [0, 0.05) is 26.2 Å². The molecule has 2 heterocycles.